The van der Waals surface area contributed by atoms with Gasteiger partial charge in [-0.1, -0.05) is 18.2 Å². The number of hydrogen-bond acceptors (Lipinski definition) is 4. The number of amides is 1. The third kappa shape index (κ3) is 5.75. The van der Waals surface area contributed by atoms with Gasteiger partial charge in [0.2, 0.25) is 0 Å². The van der Waals surface area contributed by atoms with Crippen molar-refractivity contribution in [3.63, 3.8) is 0 Å². The Morgan fingerprint density at radius 3 is 2.06 bits per heavy atom. The van der Waals surface area contributed by atoms with E-state index >= 15 is 0 Å². The number of carbonyl (C=O) groups excluding carboxylic acids is 1. The van der Waals surface area contributed by atoms with Gasteiger partial charge in [0.25, 0.3) is 5.91 Å². The Labute approximate surface area is 210 Å². The van der Waals surface area contributed by atoms with Gasteiger partial charge in [0.05, 0.1) is 11.2 Å². The average Bonchev–Trinajstić information content (AvgIpc) is 2.87. The van der Waals surface area contributed by atoms with E-state index in [0.717, 1.165) is 39.3 Å². The van der Waals surface area contributed by atoms with E-state index in [1.807, 2.05) is 115 Å². The van der Waals surface area contributed by atoms with Gasteiger partial charge in [-0.25, -0.2) is 4.57 Å². The second-order valence-electron chi connectivity index (χ2n) is 7.99. The van der Waals surface area contributed by atoms with Crippen LogP contribution >= 0.6 is 0 Å². The maximum absolute atomic E-state index is 12.7. The SMILES string of the molecule is C[n+]1ccc(Nc2ccc(NC(=O)c3ccc(Nc4ccnc5ccccc45)cc3)cc2)cc1.[Cl-]. The molecule has 1 amide bonds. The Hall–Kier alpha value is -4.42. The molecule has 0 unspecified atom stereocenters. The first-order chi connectivity index (χ1) is 16.6. The number of aromatic nitrogens is 2. The van der Waals surface area contributed by atoms with Gasteiger partial charge in [-0.15, -0.1) is 0 Å². The highest BCUT2D eigenvalue weighted by molar-refractivity contribution is 6.04. The summed E-state index contributed by atoms with van der Waals surface area (Å²) in [7, 11) is 1.98. The fourth-order valence-corrected chi connectivity index (χ4v) is 3.66. The lowest BCUT2D eigenvalue weighted by Gasteiger charge is -2.11. The van der Waals surface area contributed by atoms with E-state index in [1.54, 1.807) is 6.20 Å². The van der Waals surface area contributed by atoms with E-state index in [1.165, 1.54) is 0 Å². The van der Waals surface area contributed by atoms with Crippen molar-refractivity contribution in [1.29, 1.82) is 0 Å². The van der Waals surface area contributed by atoms with Crippen LogP contribution in [0, 0.1) is 0 Å². The van der Waals surface area contributed by atoms with Crippen molar-refractivity contribution >= 4 is 45.2 Å². The second kappa shape index (κ2) is 10.7. The van der Waals surface area contributed by atoms with E-state index in [0.29, 0.717) is 5.56 Å². The summed E-state index contributed by atoms with van der Waals surface area (Å²) in [5.41, 5.74) is 6.08. The highest BCUT2D eigenvalue weighted by Gasteiger charge is 2.08. The number of carbonyl (C=O) groups is 1. The molecule has 0 bridgehead atoms. The molecule has 3 aromatic carbocycles. The van der Waals surface area contributed by atoms with E-state index in [-0.39, 0.29) is 18.3 Å². The van der Waals surface area contributed by atoms with Gasteiger partial charge in [0.15, 0.2) is 12.4 Å². The van der Waals surface area contributed by atoms with Crippen molar-refractivity contribution in [2.45, 2.75) is 0 Å². The molecule has 0 aliphatic carbocycles. The molecule has 5 aromatic rings. The van der Waals surface area contributed by atoms with Crippen molar-refractivity contribution in [3.8, 4) is 0 Å². The zero-order chi connectivity index (χ0) is 23.3. The molecule has 3 N–H and O–H groups in total. The molecule has 7 heteroatoms. The highest BCUT2D eigenvalue weighted by atomic mass is 35.5. The van der Waals surface area contributed by atoms with Gasteiger partial charge in [0.1, 0.15) is 7.05 Å². The van der Waals surface area contributed by atoms with Crippen molar-refractivity contribution in [2.75, 3.05) is 16.0 Å². The Balaban J connectivity index is 0.00000289. The largest absolute Gasteiger partial charge is 1.00 e. The molecule has 6 nitrogen and oxygen atoms in total. The van der Waals surface area contributed by atoms with Crippen molar-refractivity contribution in [3.05, 3.63) is 115 Å². The molecule has 0 saturated carbocycles. The fraction of sp³-hybridized carbons (Fsp3) is 0.0357. The van der Waals surface area contributed by atoms with E-state index in [4.69, 9.17) is 0 Å². The van der Waals surface area contributed by atoms with Crippen LogP contribution in [0.25, 0.3) is 10.9 Å². The number of benzene rings is 3. The molecule has 0 fully saturated rings. The lowest BCUT2D eigenvalue weighted by molar-refractivity contribution is -0.671. The summed E-state index contributed by atoms with van der Waals surface area (Å²) >= 11 is 0. The molecule has 0 aliphatic heterocycles. The number of hydrogen-bond donors (Lipinski definition) is 3. The molecule has 0 aliphatic rings. The lowest BCUT2D eigenvalue weighted by atomic mass is 10.1. The molecule has 2 heterocycles. The van der Waals surface area contributed by atoms with E-state index < -0.39 is 0 Å². The molecule has 2 aromatic heterocycles. The molecule has 0 atom stereocenters. The second-order valence-corrected chi connectivity index (χ2v) is 7.99. The van der Waals surface area contributed by atoms with Crippen molar-refractivity contribution < 1.29 is 21.8 Å². The van der Waals surface area contributed by atoms with Gasteiger partial charge >= 0.3 is 0 Å². The first kappa shape index (κ1) is 23.7. The monoisotopic (exact) mass is 481 g/mol. The Morgan fingerprint density at radius 1 is 0.714 bits per heavy atom. The van der Waals surface area contributed by atoms with Crippen LogP contribution in [0.1, 0.15) is 10.4 Å². The minimum absolute atomic E-state index is 0. The molecule has 0 spiro atoms. The molecule has 0 saturated heterocycles. The minimum Gasteiger partial charge on any atom is -1.00 e. The number of anilines is 5. The maximum Gasteiger partial charge on any atom is 0.255 e. The topological polar surface area (TPSA) is 69.9 Å². The van der Waals surface area contributed by atoms with Gasteiger partial charge in [-0.3, -0.25) is 9.78 Å². The van der Waals surface area contributed by atoms with E-state index in [2.05, 4.69) is 20.9 Å². The normalized spacial score (nSPS) is 10.3. The van der Waals surface area contributed by atoms with Crippen molar-refractivity contribution in [1.82, 2.24) is 4.98 Å². The summed E-state index contributed by atoms with van der Waals surface area (Å²) in [4.78, 5) is 17.1. The van der Waals surface area contributed by atoms with Crippen LogP contribution in [0.5, 0.6) is 0 Å². The first-order valence-electron chi connectivity index (χ1n) is 11.0. The summed E-state index contributed by atoms with van der Waals surface area (Å²) in [6.45, 7) is 0. The summed E-state index contributed by atoms with van der Waals surface area (Å²) in [5, 5.41) is 10.8. The highest BCUT2D eigenvalue weighted by Crippen LogP contribution is 2.25. The van der Waals surface area contributed by atoms with Crippen LogP contribution in [-0.2, 0) is 7.05 Å². The van der Waals surface area contributed by atoms with Crippen LogP contribution < -0.4 is 32.9 Å². The number of halogens is 1. The third-order valence-corrected chi connectivity index (χ3v) is 5.49. The number of rotatable bonds is 6. The number of nitrogens with zero attached hydrogens (tertiary/aromatic N) is 2. The molecule has 174 valence electrons. The third-order valence-electron chi connectivity index (χ3n) is 5.49. The molecular formula is C28H24ClN5O. The van der Waals surface area contributed by atoms with Crippen LogP contribution in [0.15, 0.2) is 110 Å². The van der Waals surface area contributed by atoms with Gasteiger partial charge in [-0.2, -0.15) is 0 Å². The zero-order valence-electron chi connectivity index (χ0n) is 19.1. The summed E-state index contributed by atoms with van der Waals surface area (Å²) in [6.07, 6.45) is 5.75. The minimum atomic E-state index is -0.155. The number of pyridine rings is 2. The Kier molecular flexibility index (Phi) is 7.24. The Bertz CT molecular complexity index is 1430. The molecular weight excluding hydrogens is 458 g/mol. The molecule has 5 rings (SSSR count). The van der Waals surface area contributed by atoms with Gasteiger partial charge in [-0.05, 0) is 60.7 Å². The van der Waals surface area contributed by atoms with Gasteiger partial charge < -0.3 is 28.4 Å². The summed E-state index contributed by atoms with van der Waals surface area (Å²) in [6, 6.07) is 29.0. The Morgan fingerprint density at radius 2 is 1.31 bits per heavy atom. The summed E-state index contributed by atoms with van der Waals surface area (Å²) in [5.74, 6) is -0.155. The van der Waals surface area contributed by atoms with Crippen LogP contribution in [0.2, 0.25) is 0 Å². The molecule has 35 heavy (non-hydrogen) atoms. The quantitative estimate of drug-likeness (QED) is 0.326. The standard InChI is InChI=1S/C28H23N5O.ClH/c1-33-18-15-24(16-19-33)30-21-10-12-23(13-11-21)32-28(34)20-6-8-22(9-7-20)31-27-14-17-29-26-5-3-2-4-25(26)27;/h2-19H,1H3,(H2,29,31,32,34);1H. The number of para-hydroxylation sites is 1. The first-order valence-corrected chi connectivity index (χ1v) is 11.0. The molecule has 0 radical (unpaired) electrons. The number of nitrogens with one attached hydrogen (secondary N) is 3. The van der Waals surface area contributed by atoms with Crippen LogP contribution in [-0.4, -0.2) is 10.9 Å². The predicted octanol–water partition coefficient (Wildman–Crippen LogP) is 2.80. The number of fused-ring (bicyclic) bond motifs is 1. The van der Waals surface area contributed by atoms with Crippen molar-refractivity contribution in [2.24, 2.45) is 7.05 Å². The maximum atomic E-state index is 12.7. The van der Waals surface area contributed by atoms with Gasteiger partial charge in [0, 0.05) is 52.0 Å². The smallest absolute Gasteiger partial charge is 0.255 e. The summed E-state index contributed by atoms with van der Waals surface area (Å²) < 4.78 is 1.98. The van der Waals surface area contributed by atoms with Crippen LogP contribution in [0.4, 0.5) is 28.4 Å². The zero-order valence-corrected chi connectivity index (χ0v) is 19.8. The lowest BCUT2D eigenvalue weighted by Crippen LogP contribution is -3.00. The average molecular weight is 482 g/mol. The number of aryl methyl sites for hydroxylation is 1. The van der Waals surface area contributed by atoms with E-state index in [9.17, 15) is 4.79 Å². The van der Waals surface area contributed by atoms with Crippen LogP contribution in [0.3, 0.4) is 0 Å². The predicted molar refractivity (Wildman–Crippen MR) is 137 cm³/mol. The fourth-order valence-electron chi connectivity index (χ4n) is 3.66.